The zero-order valence-electron chi connectivity index (χ0n) is 11.2. The van der Waals surface area contributed by atoms with Gasteiger partial charge in [-0.15, -0.1) is 0 Å². The average Bonchev–Trinajstić information content (AvgIpc) is 2.34. The Morgan fingerprint density at radius 2 is 1.82 bits per heavy atom. The van der Waals surface area contributed by atoms with Crippen LogP contribution in [-0.4, -0.2) is 6.54 Å². The number of hydrogen-bond acceptors (Lipinski definition) is 1. The van der Waals surface area contributed by atoms with Crippen LogP contribution in [0.15, 0.2) is 43.1 Å². The SMILES string of the molecule is C=CNCCC(CCC(C)C)c1ccccc1. The Morgan fingerprint density at radius 3 is 2.41 bits per heavy atom. The van der Waals surface area contributed by atoms with Crippen LogP contribution in [0.2, 0.25) is 0 Å². The molecule has 1 heteroatoms. The summed E-state index contributed by atoms with van der Waals surface area (Å²) in [4.78, 5) is 0. The average molecular weight is 231 g/mol. The van der Waals surface area contributed by atoms with Gasteiger partial charge in [-0.2, -0.15) is 0 Å². The van der Waals surface area contributed by atoms with Crippen LogP contribution in [-0.2, 0) is 0 Å². The van der Waals surface area contributed by atoms with Gasteiger partial charge in [-0.25, -0.2) is 0 Å². The van der Waals surface area contributed by atoms with Gasteiger partial charge in [0, 0.05) is 6.54 Å². The lowest BCUT2D eigenvalue weighted by molar-refractivity contribution is 0.478. The van der Waals surface area contributed by atoms with E-state index in [9.17, 15) is 0 Å². The van der Waals surface area contributed by atoms with Gasteiger partial charge in [-0.3, -0.25) is 0 Å². The molecular weight excluding hydrogens is 206 g/mol. The second-order valence-corrected chi connectivity index (χ2v) is 5.03. The number of hydrogen-bond donors (Lipinski definition) is 1. The highest BCUT2D eigenvalue weighted by molar-refractivity contribution is 5.19. The van der Waals surface area contributed by atoms with Crippen molar-refractivity contribution in [3.05, 3.63) is 48.7 Å². The van der Waals surface area contributed by atoms with Gasteiger partial charge in [-0.05, 0) is 36.4 Å². The van der Waals surface area contributed by atoms with Gasteiger partial charge in [0.15, 0.2) is 0 Å². The fourth-order valence-electron chi connectivity index (χ4n) is 2.10. The third-order valence-corrected chi connectivity index (χ3v) is 3.14. The largest absolute Gasteiger partial charge is 0.391 e. The normalized spacial score (nSPS) is 12.4. The van der Waals surface area contributed by atoms with E-state index < -0.39 is 0 Å². The summed E-state index contributed by atoms with van der Waals surface area (Å²) in [5.74, 6) is 1.46. The first-order valence-corrected chi connectivity index (χ1v) is 6.63. The van der Waals surface area contributed by atoms with Crippen molar-refractivity contribution in [2.24, 2.45) is 5.92 Å². The van der Waals surface area contributed by atoms with Gasteiger partial charge < -0.3 is 5.32 Å². The van der Waals surface area contributed by atoms with Crippen molar-refractivity contribution < 1.29 is 0 Å². The van der Waals surface area contributed by atoms with Gasteiger partial charge in [0.25, 0.3) is 0 Å². The van der Waals surface area contributed by atoms with Gasteiger partial charge in [0.05, 0.1) is 0 Å². The molecule has 1 atom stereocenters. The highest BCUT2D eigenvalue weighted by Gasteiger charge is 2.11. The molecule has 0 fully saturated rings. The van der Waals surface area contributed by atoms with Crippen molar-refractivity contribution in [2.45, 2.75) is 39.0 Å². The minimum absolute atomic E-state index is 0.672. The Morgan fingerprint density at radius 1 is 1.12 bits per heavy atom. The topological polar surface area (TPSA) is 12.0 Å². The molecule has 0 aliphatic carbocycles. The molecule has 17 heavy (non-hydrogen) atoms. The third kappa shape index (κ3) is 5.58. The first kappa shape index (κ1) is 13.8. The smallest absolute Gasteiger partial charge is 0.0147 e. The molecular formula is C16H25N. The molecule has 0 saturated heterocycles. The minimum atomic E-state index is 0.672. The lowest BCUT2D eigenvalue weighted by Crippen LogP contribution is -2.12. The summed E-state index contributed by atoms with van der Waals surface area (Å²) >= 11 is 0. The van der Waals surface area contributed by atoms with Crippen LogP contribution in [0.4, 0.5) is 0 Å². The first-order chi connectivity index (χ1) is 8.24. The van der Waals surface area contributed by atoms with E-state index in [1.165, 1.54) is 24.8 Å². The molecule has 0 spiro atoms. The molecule has 0 radical (unpaired) electrons. The van der Waals surface area contributed by atoms with Crippen molar-refractivity contribution in [3.8, 4) is 0 Å². The summed E-state index contributed by atoms with van der Waals surface area (Å²) < 4.78 is 0. The Balaban J connectivity index is 2.55. The standard InChI is InChI=1S/C16H25N/c1-4-17-13-12-16(11-10-14(2)3)15-8-6-5-7-9-15/h4-9,14,16-17H,1,10-13H2,2-3H3. The Bertz CT molecular complexity index is 303. The van der Waals surface area contributed by atoms with Crippen LogP contribution in [0.5, 0.6) is 0 Å². The maximum Gasteiger partial charge on any atom is 0.0147 e. The quantitative estimate of drug-likeness (QED) is 0.657. The highest BCUT2D eigenvalue weighted by Crippen LogP contribution is 2.26. The molecule has 1 rings (SSSR count). The van der Waals surface area contributed by atoms with E-state index in [-0.39, 0.29) is 0 Å². The van der Waals surface area contributed by atoms with Crippen LogP contribution in [0, 0.1) is 5.92 Å². The molecule has 0 amide bonds. The summed E-state index contributed by atoms with van der Waals surface area (Å²) in [5.41, 5.74) is 1.47. The molecule has 0 saturated carbocycles. The van der Waals surface area contributed by atoms with Gasteiger partial charge in [0.2, 0.25) is 0 Å². The van der Waals surface area contributed by atoms with Crippen molar-refractivity contribution in [1.29, 1.82) is 0 Å². The van der Waals surface area contributed by atoms with Crippen LogP contribution in [0.25, 0.3) is 0 Å². The van der Waals surface area contributed by atoms with Crippen molar-refractivity contribution in [2.75, 3.05) is 6.54 Å². The van der Waals surface area contributed by atoms with Crippen LogP contribution in [0.1, 0.15) is 44.6 Å². The van der Waals surface area contributed by atoms with Crippen molar-refractivity contribution >= 4 is 0 Å². The maximum absolute atomic E-state index is 3.69. The van der Waals surface area contributed by atoms with Crippen LogP contribution in [0.3, 0.4) is 0 Å². The monoisotopic (exact) mass is 231 g/mol. The Hall–Kier alpha value is -1.24. The van der Waals surface area contributed by atoms with Gasteiger partial charge >= 0.3 is 0 Å². The van der Waals surface area contributed by atoms with Gasteiger partial charge in [0.1, 0.15) is 0 Å². The van der Waals surface area contributed by atoms with E-state index >= 15 is 0 Å². The van der Waals surface area contributed by atoms with Crippen molar-refractivity contribution in [1.82, 2.24) is 5.32 Å². The lowest BCUT2D eigenvalue weighted by atomic mass is 9.89. The van der Waals surface area contributed by atoms with Crippen LogP contribution >= 0.6 is 0 Å². The number of nitrogens with one attached hydrogen (secondary N) is 1. The molecule has 0 aliphatic heterocycles. The fraction of sp³-hybridized carbons (Fsp3) is 0.500. The predicted molar refractivity (Wildman–Crippen MR) is 76.1 cm³/mol. The predicted octanol–water partition coefficient (Wildman–Crippen LogP) is 4.33. The molecule has 1 nitrogen and oxygen atoms in total. The molecule has 1 unspecified atom stereocenters. The summed E-state index contributed by atoms with van der Waals surface area (Å²) in [6, 6.07) is 10.9. The first-order valence-electron chi connectivity index (χ1n) is 6.63. The van der Waals surface area contributed by atoms with E-state index in [0.717, 1.165) is 12.5 Å². The van der Waals surface area contributed by atoms with E-state index in [0.29, 0.717) is 5.92 Å². The zero-order chi connectivity index (χ0) is 12.5. The molecule has 0 heterocycles. The Kier molecular flexibility index (Phi) is 6.46. The Labute approximate surface area is 106 Å². The zero-order valence-corrected chi connectivity index (χ0v) is 11.2. The molecule has 94 valence electrons. The fourth-order valence-corrected chi connectivity index (χ4v) is 2.10. The molecule has 0 aliphatic rings. The molecule has 1 aromatic carbocycles. The molecule has 1 aromatic rings. The maximum atomic E-state index is 3.69. The van der Waals surface area contributed by atoms with E-state index in [4.69, 9.17) is 0 Å². The van der Waals surface area contributed by atoms with Gasteiger partial charge in [-0.1, -0.05) is 57.2 Å². The minimum Gasteiger partial charge on any atom is -0.391 e. The number of benzene rings is 1. The number of rotatable bonds is 8. The van der Waals surface area contributed by atoms with E-state index in [1.54, 1.807) is 6.20 Å². The summed E-state index contributed by atoms with van der Waals surface area (Å²) in [7, 11) is 0. The lowest BCUT2D eigenvalue weighted by Gasteiger charge is -2.18. The highest BCUT2D eigenvalue weighted by atomic mass is 14.8. The third-order valence-electron chi connectivity index (χ3n) is 3.14. The van der Waals surface area contributed by atoms with Crippen LogP contribution < -0.4 is 5.32 Å². The summed E-state index contributed by atoms with van der Waals surface area (Å²) in [6.07, 6.45) is 5.54. The summed E-state index contributed by atoms with van der Waals surface area (Å²) in [5, 5.41) is 3.20. The molecule has 0 bridgehead atoms. The summed E-state index contributed by atoms with van der Waals surface area (Å²) in [6.45, 7) is 9.30. The molecule has 1 N–H and O–H groups in total. The second-order valence-electron chi connectivity index (χ2n) is 5.03. The second kappa shape index (κ2) is 7.94. The van der Waals surface area contributed by atoms with Crippen molar-refractivity contribution in [3.63, 3.8) is 0 Å². The van der Waals surface area contributed by atoms with E-state index in [1.807, 2.05) is 0 Å². The molecule has 0 aromatic heterocycles. The van der Waals surface area contributed by atoms with E-state index in [2.05, 4.69) is 56.1 Å².